The Labute approximate surface area is 118 Å². The van der Waals surface area contributed by atoms with Gasteiger partial charge in [0.05, 0.1) is 21.3 Å². The highest BCUT2D eigenvalue weighted by molar-refractivity contribution is 7.84. The van der Waals surface area contributed by atoms with Crippen LogP contribution in [0.5, 0.6) is 0 Å². The van der Waals surface area contributed by atoms with Crippen LogP contribution in [-0.2, 0) is 10.8 Å². The van der Waals surface area contributed by atoms with Crippen molar-refractivity contribution in [3.8, 4) is 17.2 Å². The Morgan fingerprint density at radius 2 is 2.10 bits per heavy atom. The van der Waals surface area contributed by atoms with Crippen molar-refractivity contribution < 1.29 is 4.21 Å². The first kappa shape index (κ1) is 12.6. The van der Waals surface area contributed by atoms with Gasteiger partial charge in [-0.15, -0.1) is 0 Å². The van der Waals surface area contributed by atoms with Crippen molar-refractivity contribution in [2.24, 2.45) is 0 Å². The number of hydrogen-bond donors (Lipinski definition) is 1. The molecular formula is C15H11N3OS. The Morgan fingerprint density at radius 3 is 2.85 bits per heavy atom. The standard InChI is InChI=1S/C15H11N3OS/c1-20(19)14-3-2-10(6-12(14)8-16)13-7-11-4-5-17-15(11)18-9-13/h2-7,9H,1H3,(H,17,18). The van der Waals surface area contributed by atoms with Crippen molar-refractivity contribution in [1.82, 2.24) is 9.97 Å². The fourth-order valence-corrected chi connectivity index (χ4v) is 2.82. The van der Waals surface area contributed by atoms with E-state index in [-0.39, 0.29) is 0 Å². The summed E-state index contributed by atoms with van der Waals surface area (Å²) in [7, 11) is -1.16. The van der Waals surface area contributed by atoms with Gasteiger partial charge in [0.15, 0.2) is 0 Å². The molecule has 0 saturated heterocycles. The van der Waals surface area contributed by atoms with E-state index >= 15 is 0 Å². The lowest BCUT2D eigenvalue weighted by Crippen LogP contribution is -1.93. The summed E-state index contributed by atoms with van der Waals surface area (Å²) in [5.41, 5.74) is 3.10. The Balaban J connectivity index is 2.14. The average molecular weight is 281 g/mol. The second-order valence-electron chi connectivity index (χ2n) is 4.42. The van der Waals surface area contributed by atoms with Crippen LogP contribution >= 0.6 is 0 Å². The molecule has 1 atom stereocenters. The quantitative estimate of drug-likeness (QED) is 0.785. The molecule has 0 aliphatic heterocycles. The van der Waals surface area contributed by atoms with Crippen LogP contribution in [0.25, 0.3) is 22.2 Å². The minimum Gasteiger partial charge on any atom is -0.346 e. The average Bonchev–Trinajstić information content (AvgIpc) is 2.93. The molecule has 0 saturated carbocycles. The minimum absolute atomic E-state index is 0.442. The van der Waals surface area contributed by atoms with Gasteiger partial charge in [0.1, 0.15) is 11.7 Å². The third kappa shape index (κ3) is 2.10. The smallest absolute Gasteiger partial charge is 0.137 e. The molecule has 1 unspecified atom stereocenters. The predicted molar refractivity (Wildman–Crippen MR) is 78.6 cm³/mol. The normalized spacial score (nSPS) is 12.2. The molecule has 0 fully saturated rings. The highest BCUT2D eigenvalue weighted by atomic mass is 32.2. The number of aromatic amines is 1. The summed E-state index contributed by atoms with van der Waals surface area (Å²) in [5.74, 6) is 0. The SMILES string of the molecule is CS(=O)c1ccc(-c2cnc3[nH]ccc3c2)cc1C#N. The van der Waals surface area contributed by atoms with Crippen LogP contribution < -0.4 is 0 Å². The molecular weight excluding hydrogens is 270 g/mol. The first-order valence-corrected chi connectivity index (χ1v) is 7.56. The van der Waals surface area contributed by atoms with Crippen molar-refractivity contribution in [1.29, 1.82) is 5.26 Å². The van der Waals surface area contributed by atoms with Gasteiger partial charge in [-0.2, -0.15) is 5.26 Å². The predicted octanol–water partition coefficient (Wildman–Crippen LogP) is 2.84. The van der Waals surface area contributed by atoms with Gasteiger partial charge in [0.2, 0.25) is 0 Å². The van der Waals surface area contributed by atoms with Crippen LogP contribution in [0.3, 0.4) is 0 Å². The van der Waals surface area contributed by atoms with Gasteiger partial charge in [-0.1, -0.05) is 6.07 Å². The number of pyridine rings is 1. The Kier molecular flexibility index (Phi) is 3.09. The van der Waals surface area contributed by atoms with E-state index in [0.717, 1.165) is 22.2 Å². The van der Waals surface area contributed by atoms with Crippen LogP contribution in [0, 0.1) is 11.3 Å². The number of H-pyrrole nitrogens is 1. The van der Waals surface area contributed by atoms with E-state index in [1.54, 1.807) is 24.6 Å². The van der Waals surface area contributed by atoms with Crippen LogP contribution in [0.1, 0.15) is 5.56 Å². The molecule has 4 nitrogen and oxygen atoms in total. The number of fused-ring (bicyclic) bond motifs is 1. The highest BCUT2D eigenvalue weighted by Gasteiger charge is 2.09. The molecule has 1 aromatic carbocycles. The molecule has 2 heterocycles. The third-order valence-corrected chi connectivity index (χ3v) is 4.12. The maximum atomic E-state index is 11.6. The zero-order valence-electron chi connectivity index (χ0n) is 10.8. The van der Waals surface area contributed by atoms with Crippen LogP contribution in [-0.4, -0.2) is 20.4 Å². The number of aromatic nitrogens is 2. The van der Waals surface area contributed by atoms with E-state index in [2.05, 4.69) is 16.0 Å². The number of hydrogen-bond acceptors (Lipinski definition) is 3. The zero-order valence-corrected chi connectivity index (χ0v) is 11.6. The van der Waals surface area contributed by atoms with Gasteiger partial charge in [-0.05, 0) is 29.8 Å². The van der Waals surface area contributed by atoms with Crippen molar-refractivity contribution >= 4 is 21.8 Å². The van der Waals surface area contributed by atoms with Crippen LogP contribution in [0.4, 0.5) is 0 Å². The number of nitrogens with one attached hydrogen (secondary N) is 1. The number of rotatable bonds is 2. The molecule has 3 aromatic rings. The Hall–Kier alpha value is -2.45. The Bertz CT molecular complexity index is 861. The zero-order chi connectivity index (χ0) is 14.1. The van der Waals surface area contributed by atoms with Gasteiger partial charge in [0, 0.05) is 29.6 Å². The maximum absolute atomic E-state index is 11.6. The molecule has 0 aliphatic carbocycles. The molecule has 5 heteroatoms. The summed E-state index contributed by atoms with van der Waals surface area (Å²) in [6.45, 7) is 0. The van der Waals surface area contributed by atoms with E-state index in [1.807, 2.05) is 24.4 Å². The van der Waals surface area contributed by atoms with Crippen molar-refractivity contribution in [3.05, 3.63) is 48.3 Å². The first-order chi connectivity index (χ1) is 9.69. The molecule has 0 radical (unpaired) electrons. The molecule has 20 heavy (non-hydrogen) atoms. The fraction of sp³-hybridized carbons (Fsp3) is 0.0667. The van der Waals surface area contributed by atoms with Crippen LogP contribution in [0.2, 0.25) is 0 Å². The fourth-order valence-electron chi connectivity index (χ4n) is 2.15. The lowest BCUT2D eigenvalue weighted by atomic mass is 10.0. The molecule has 0 aliphatic rings. The monoisotopic (exact) mass is 281 g/mol. The van der Waals surface area contributed by atoms with Crippen molar-refractivity contribution in [3.63, 3.8) is 0 Å². The van der Waals surface area contributed by atoms with Gasteiger partial charge in [0.25, 0.3) is 0 Å². The molecule has 0 spiro atoms. The summed E-state index contributed by atoms with van der Waals surface area (Å²) in [5, 5.41) is 10.2. The summed E-state index contributed by atoms with van der Waals surface area (Å²) in [4.78, 5) is 7.94. The van der Waals surface area contributed by atoms with Gasteiger partial charge < -0.3 is 4.98 Å². The molecule has 2 aromatic heterocycles. The molecule has 1 N–H and O–H groups in total. The second kappa shape index (κ2) is 4.91. The maximum Gasteiger partial charge on any atom is 0.137 e. The molecule has 0 bridgehead atoms. The highest BCUT2D eigenvalue weighted by Crippen LogP contribution is 2.25. The molecule has 98 valence electrons. The van der Waals surface area contributed by atoms with E-state index in [9.17, 15) is 9.47 Å². The number of nitrogens with zero attached hydrogens (tertiary/aromatic N) is 2. The van der Waals surface area contributed by atoms with Crippen molar-refractivity contribution in [2.45, 2.75) is 4.90 Å². The summed E-state index contributed by atoms with van der Waals surface area (Å²) >= 11 is 0. The van der Waals surface area contributed by atoms with E-state index < -0.39 is 10.8 Å². The lowest BCUT2D eigenvalue weighted by Gasteiger charge is -2.05. The van der Waals surface area contributed by atoms with E-state index in [0.29, 0.717) is 10.5 Å². The second-order valence-corrected chi connectivity index (χ2v) is 5.76. The van der Waals surface area contributed by atoms with Gasteiger partial charge in [-0.3, -0.25) is 4.21 Å². The largest absolute Gasteiger partial charge is 0.346 e. The van der Waals surface area contributed by atoms with Gasteiger partial charge >= 0.3 is 0 Å². The van der Waals surface area contributed by atoms with E-state index in [4.69, 9.17) is 0 Å². The van der Waals surface area contributed by atoms with Crippen molar-refractivity contribution in [2.75, 3.05) is 6.26 Å². The Morgan fingerprint density at radius 1 is 1.25 bits per heavy atom. The summed E-state index contributed by atoms with van der Waals surface area (Å²) in [6.07, 6.45) is 5.17. The van der Waals surface area contributed by atoms with Gasteiger partial charge in [-0.25, -0.2) is 4.98 Å². The van der Waals surface area contributed by atoms with Crippen LogP contribution in [0.15, 0.2) is 47.6 Å². The third-order valence-electron chi connectivity index (χ3n) is 3.14. The summed E-state index contributed by atoms with van der Waals surface area (Å²) in [6, 6.07) is 11.4. The topological polar surface area (TPSA) is 69.5 Å². The molecule has 3 rings (SSSR count). The summed E-state index contributed by atoms with van der Waals surface area (Å²) < 4.78 is 11.6. The van der Waals surface area contributed by atoms with E-state index in [1.165, 1.54) is 0 Å². The minimum atomic E-state index is -1.16. The number of nitriles is 1. The molecule has 0 amide bonds. The first-order valence-electron chi connectivity index (χ1n) is 6.00. The lowest BCUT2D eigenvalue weighted by molar-refractivity contribution is 0.686. The number of benzene rings is 1.